The molecule has 2 rings (SSSR count). The third kappa shape index (κ3) is 4.39. The quantitative estimate of drug-likeness (QED) is 0.826. The van der Waals surface area contributed by atoms with Crippen molar-refractivity contribution in [3.63, 3.8) is 0 Å². The maximum absolute atomic E-state index is 4.59. The fourth-order valence-electron chi connectivity index (χ4n) is 2.45. The predicted molar refractivity (Wildman–Crippen MR) is 92.6 cm³/mol. The summed E-state index contributed by atoms with van der Waals surface area (Å²) in [5.74, 6) is 0. The molecule has 0 aliphatic heterocycles. The van der Waals surface area contributed by atoms with Gasteiger partial charge in [0.05, 0.1) is 0 Å². The van der Waals surface area contributed by atoms with Crippen molar-refractivity contribution in [2.24, 2.45) is 0 Å². The van der Waals surface area contributed by atoms with Crippen LogP contribution in [0.5, 0.6) is 0 Å². The average molecular weight is 347 g/mol. The van der Waals surface area contributed by atoms with Crippen molar-refractivity contribution >= 4 is 15.9 Å². The molecule has 2 aromatic rings. The summed E-state index contributed by atoms with van der Waals surface area (Å²) in [6, 6.07) is 11.1. The second-order valence-electron chi connectivity index (χ2n) is 5.35. The van der Waals surface area contributed by atoms with Gasteiger partial charge in [-0.2, -0.15) is 0 Å². The van der Waals surface area contributed by atoms with E-state index in [9.17, 15) is 0 Å². The van der Waals surface area contributed by atoms with Gasteiger partial charge < -0.3 is 5.32 Å². The molecule has 0 spiro atoms. The lowest BCUT2D eigenvalue weighted by atomic mass is 10.00. The van der Waals surface area contributed by atoms with Gasteiger partial charge in [-0.1, -0.05) is 48.0 Å². The summed E-state index contributed by atoms with van der Waals surface area (Å²) < 4.78 is 1.17. The summed E-state index contributed by atoms with van der Waals surface area (Å²) in [6.07, 6.45) is 3.93. The number of benzene rings is 1. The molecular formula is C18H23BrN2. The maximum Gasteiger partial charge on any atom is 0.0422 e. The number of halogens is 1. The van der Waals surface area contributed by atoms with Gasteiger partial charge in [0, 0.05) is 28.8 Å². The molecule has 1 atom stereocenters. The Labute approximate surface area is 136 Å². The van der Waals surface area contributed by atoms with E-state index in [1.54, 1.807) is 0 Å². The SMILES string of the molecule is CCNC(Cc1ccc(CC)cn1)c1ccc(C)cc1Br. The summed E-state index contributed by atoms with van der Waals surface area (Å²) in [5.41, 5.74) is 4.98. The molecule has 0 amide bonds. The number of nitrogens with one attached hydrogen (secondary N) is 1. The van der Waals surface area contributed by atoms with E-state index in [-0.39, 0.29) is 6.04 Å². The smallest absolute Gasteiger partial charge is 0.0422 e. The Bertz CT molecular complexity index is 578. The minimum Gasteiger partial charge on any atom is -0.310 e. The van der Waals surface area contributed by atoms with E-state index in [2.05, 4.69) is 77.3 Å². The summed E-state index contributed by atoms with van der Waals surface area (Å²) in [4.78, 5) is 4.59. The minimum atomic E-state index is 0.282. The lowest BCUT2D eigenvalue weighted by molar-refractivity contribution is 0.542. The van der Waals surface area contributed by atoms with Crippen molar-refractivity contribution in [2.45, 2.75) is 39.7 Å². The second kappa shape index (κ2) is 7.71. The monoisotopic (exact) mass is 346 g/mol. The van der Waals surface area contributed by atoms with Crippen molar-refractivity contribution < 1.29 is 0 Å². The van der Waals surface area contributed by atoms with Gasteiger partial charge in [0.2, 0.25) is 0 Å². The zero-order valence-corrected chi connectivity index (χ0v) is 14.6. The number of hydrogen-bond donors (Lipinski definition) is 1. The maximum atomic E-state index is 4.59. The Morgan fingerprint density at radius 2 is 2.00 bits per heavy atom. The van der Waals surface area contributed by atoms with Crippen molar-refractivity contribution in [3.8, 4) is 0 Å². The third-order valence-corrected chi connectivity index (χ3v) is 4.38. The number of pyridine rings is 1. The number of aromatic nitrogens is 1. The normalized spacial score (nSPS) is 12.4. The molecule has 1 N–H and O–H groups in total. The van der Waals surface area contributed by atoms with Crippen molar-refractivity contribution in [2.75, 3.05) is 6.54 Å². The Hall–Kier alpha value is -1.19. The molecule has 0 radical (unpaired) electrons. The van der Waals surface area contributed by atoms with Crippen LogP contribution < -0.4 is 5.32 Å². The first-order valence-electron chi connectivity index (χ1n) is 7.57. The highest BCUT2D eigenvalue weighted by molar-refractivity contribution is 9.10. The summed E-state index contributed by atoms with van der Waals surface area (Å²) >= 11 is 3.69. The standard InChI is InChI=1S/C18H23BrN2/c1-4-14-7-8-15(21-12-14)11-18(20-5-2)16-9-6-13(3)10-17(16)19/h6-10,12,18,20H,4-5,11H2,1-3H3. The van der Waals surface area contributed by atoms with Crippen LogP contribution >= 0.6 is 15.9 Å². The van der Waals surface area contributed by atoms with E-state index in [4.69, 9.17) is 0 Å². The van der Waals surface area contributed by atoms with Gasteiger partial charge >= 0.3 is 0 Å². The highest BCUT2D eigenvalue weighted by Crippen LogP contribution is 2.27. The van der Waals surface area contributed by atoms with Gasteiger partial charge in [0.15, 0.2) is 0 Å². The molecule has 0 aliphatic rings. The summed E-state index contributed by atoms with van der Waals surface area (Å²) in [5, 5.41) is 3.57. The lowest BCUT2D eigenvalue weighted by Gasteiger charge is -2.20. The van der Waals surface area contributed by atoms with Crippen molar-refractivity contribution in [1.82, 2.24) is 10.3 Å². The van der Waals surface area contributed by atoms with Crippen LogP contribution in [0.1, 0.15) is 42.3 Å². The Balaban J connectivity index is 2.21. The van der Waals surface area contributed by atoms with E-state index in [1.165, 1.54) is 21.2 Å². The number of hydrogen-bond acceptors (Lipinski definition) is 2. The number of likely N-dealkylation sites (N-methyl/N-ethyl adjacent to an activating group) is 1. The van der Waals surface area contributed by atoms with Crippen molar-refractivity contribution in [1.29, 1.82) is 0 Å². The van der Waals surface area contributed by atoms with E-state index >= 15 is 0 Å². The number of aryl methyl sites for hydroxylation is 2. The molecule has 0 aliphatic carbocycles. The molecule has 1 aromatic heterocycles. The van der Waals surface area contributed by atoms with Crippen LogP contribution in [0.25, 0.3) is 0 Å². The molecule has 1 heterocycles. The second-order valence-corrected chi connectivity index (χ2v) is 6.21. The Morgan fingerprint density at radius 3 is 2.57 bits per heavy atom. The van der Waals surface area contributed by atoms with Gasteiger partial charge in [-0.25, -0.2) is 0 Å². The minimum absolute atomic E-state index is 0.282. The molecule has 0 fully saturated rings. The molecule has 112 valence electrons. The first kappa shape index (κ1) is 16.2. The van der Waals surface area contributed by atoms with E-state index < -0.39 is 0 Å². The molecular weight excluding hydrogens is 324 g/mol. The highest BCUT2D eigenvalue weighted by atomic mass is 79.9. The van der Waals surface area contributed by atoms with Gasteiger partial charge in [-0.3, -0.25) is 4.98 Å². The summed E-state index contributed by atoms with van der Waals surface area (Å²) in [7, 11) is 0. The van der Waals surface area contributed by atoms with Gasteiger partial charge in [0.25, 0.3) is 0 Å². The molecule has 0 saturated heterocycles. The zero-order chi connectivity index (χ0) is 15.2. The van der Waals surface area contributed by atoms with Crippen LogP contribution in [0, 0.1) is 6.92 Å². The van der Waals surface area contributed by atoms with Gasteiger partial charge in [-0.15, -0.1) is 0 Å². The number of rotatable bonds is 6. The molecule has 0 bridgehead atoms. The first-order valence-corrected chi connectivity index (χ1v) is 8.36. The molecule has 3 heteroatoms. The first-order chi connectivity index (χ1) is 10.1. The zero-order valence-electron chi connectivity index (χ0n) is 13.0. The van der Waals surface area contributed by atoms with E-state index in [0.29, 0.717) is 0 Å². The summed E-state index contributed by atoms with van der Waals surface area (Å²) in [6.45, 7) is 7.35. The van der Waals surface area contributed by atoms with Crippen LogP contribution in [-0.2, 0) is 12.8 Å². The highest BCUT2D eigenvalue weighted by Gasteiger charge is 2.15. The van der Waals surface area contributed by atoms with Crippen LogP contribution in [0.15, 0.2) is 41.0 Å². The van der Waals surface area contributed by atoms with Crippen LogP contribution in [-0.4, -0.2) is 11.5 Å². The molecule has 0 saturated carbocycles. The lowest BCUT2D eigenvalue weighted by Crippen LogP contribution is -2.23. The van der Waals surface area contributed by atoms with Crippen LogP contribution in [0.4, 0.5) is 0 Å². The van der Waals surface area contributed by atoms with Crippen LogP contribution in [0.3, 0.4) is 0 Å². The van der Waals surface area contributed by atoms with Crippen LogP contribution in [0.2, 0.25) is 0 Å². The molecule has 21 heavy (non-hydrogen) atoms. The molecule has 1 aromatic carbocycles. The predicted octanol–water partition coefficient (Wildman–Crippen LogP) is 4.61. The Morgan fingerprint density at radius 1 is 1.19 bits per heavy atom. The van der Waals surface area contributed by atoms with Gasteiger partial charge in [0.1, 0.15) is 0 Å². The van der Waals surface area contributed by atoms with Gasteiger partial charge in [-0.05, 0) is 48.7 Å². The molecule has 1 unspecified atom stereocenters. The topological polar surface area (TPSA) is 24.9 Å². The fraction of sp³-hybridized carbons (Fsp3) is 0.389. The molecule has 2 nitrogen and oxygen atoms in total. The largest absolute Gasteiger partial charge is 0.310 e. The third-order valence-electron chi connectivity index (χ3n) is 3.69. The van der Waals surface area contributed by atoms with Crippen molar-refractivity contribution in [3.05, 3.63) is 63.4 Å². The Kier molecular flexibility index (Phi) is 5.95. The van der Waals surface area contributed by atoms with E-state index in [1.807, 2.05) is 6.20 Å². The number of nitrogens with zero attached hydrogens (tertiary/aromatic N) is 1. The van der Waals surface area contributed by atoms with E-state index in [0.717, 1.165) is 25.1 Å². The fourth-order valence-corrected chi connectivity index (χ4v) is 3.22. The average Bonchev–Trinajstić information content (AvgIpc) is 2.48.